The van der Waals surface area contributed by atoms with Gasteiger partial charge in [0.25, 0.3) is 0 Å². The average molecular weight is 283 g/mol. The van der Waals surface area contributed by atoms with E-state index in [0.717, 1.165) is 18.4 Å². The number of rotatable bonds is 6. The Morgan fingerprint density at radius 1 is 1.43 bits per heavy atom. The summed E-state index contributed by atoms with van der Waals surface area (Å²) in [5.74, 6) is -0.0227. The fourth-order valence-electron chi connectivity index (χ4n) is 2.15. The maximum Gasteiger partial charge on any atom is 0.240 e. The Morgan fingerprint density at radius 2 is 2.19 bits per heavy atom. The summed E-state index contributed by atoms with van der Waals surface area (Å²) in [6.45, 7) is 2.12. The lowest BCUT2D eigenvalue weighted by atomic mass is 10.0. The van der Waals surface area contributed by atoms with Crippen LogP contribution in [0.2, 0.25) is 0 Å². The quantitative estimate of drug-likeness (QED) is 0.876. The summed E-state index contributed by atoms with van der Waals surface area (Å²) in [7, 11) is 0. The molecule has 0 saturated carbocycles. The molecule has 0 aliphatic rings. The molecule has 21 heavy (non-hydrogen) atoms. The predicted molar refractivity (Wildman–Crippen MR) is 77.0 cm³/mol. The molecule has 1 aromatic heterocycles. The van der Waals surface area contributed by atoms with Crippen molar-refractivity contribution in [3.63, 3.8) is 0 Å². The van der Waals surface area contributed by atoms with Crippen molar-refractivity contribution in [1.29, 1.82) is 5.26 Å². The van der Waals surface area contributed by atoms with Crippen LogP contribution in [0.4, 0.5) is 0 Å². The molecule has 0 radical (unpaired) electrons. The minimum absolute atomic E-state index is 0.0225. The van der Waals surface area contributed by atoms with Gasteiger partial charge in [0.1, 0.15) is 18.9 Å². The van der Waals surface area contributed by atoms with Crippen LogP contribution in [-0.2, 0) is 11.3 Å². The van der Waals surface area contributed by atoms with Crippen molar-refractivity contribution in [2.45, 2.75) is 32.4 Å². The van der Waals surface area contributed by atoms with Gasteiger partial charge >= 0.3 is 0 Å². The van der Waals surface area contributed by atoms with Gasteiger partial charge in [-0.2, -0.15) is 5.26 Å². The smallest absolute Gasteiger partial charge is 0.240 e. The van der Waals surface area contributed by atoms with E-state index in [-0.39, 0.29) is 24.3 Å². The molecule has 0 bridgehead atoms. The third-order valence-corrected chi connectivity index (χ3v) is 3.14. The largest absolute Gasteiger partial charge is 0.348 e. The highest BCUT2D eigenvalue weighted by atomic mass is 16.2. The fraction of sp³-hybridized carbons (Fsp3) is 0.333. The lowest BCUT2D eigenvalue weighted by Crippen LogP contribution is -2.31. The molecule has 1 heterocycles. The van der Waals surface area contributed by atoms with E-state index in [0.29, 0.717) is 0 Å². The third kappa shape index (κ3) is 3.89. The zero-order valence-electron chi connectivity index (χ0n) is 11.9. The van der Waals surface area contributed by atoms with Crippen molar-refractivity contribution >= 4 is 5.91 Å². The molecule has 0 saturated heterocycles. The van der Waals surface area contributed by atoms with Crippen molar-refractivity contribution < 1.29 is 4.79 Å². The Kier molecular flexibility index (Phi) is 5.04. The van der Waals surface area contributed by atoms with Crippen LogP contribution in [0.15, 0.2) is 36.7 Å². The molecule has 0 aliphatic heterocycles. The number of nitrogens with one attached hydrogen (secondary N) is 1. The molecule has 1 amide bonds. The Bertz CT molecular complexity index is 629. The Morgan fingerprint density at radius 3 is 2.86 bits per heavy atom. The molecule has 1 unspecified atom stereocenters. The Balaban J connectivity index is 2.04. The number of hydrogen-bond acceptors (Lipinski definition) is 4. The van der Waals surface area contributed by atoms with Gasteiger partial charge in [-0.3, -0.25) is 9.36 Å². The minimum atomic E-state index is -0.159. The maximum atomic E-state index is 12.1. The van der Waals surface area contributed by atoms with E-state index in [1.807, 2.05) is 36.4 Å². The number of carbonyl (C=O) groups excluding carboxylic acids is 1. The summed E-state index contributed by atoms with van der Waals surface area (Å²) in [4.78, 5) is 12.1. The highest BCUT2D eigenvalue weighted by Crippen LogP contribution is 2.18. The van der Waals surface area contributed by atoms with Crippen LogP contribution >= 0.6 is 0 Å². The molecule has 1 N–H and O–H groups in total. The molecular formula is C15H17N5O. The molecule has 0 aliphatic carbocycles. The number of nitrogens with zero attached hydrogens (tertiary/aromatic N) is 4. The summed E-state index contributed by atoms with van der Waals surface area (Å²) in [5, 5.41) is 19.1. The lowest BCUT2D eigenvalue weighted by molar-refractivity contribution is -0.122. The number of carbonyl (C=O) groups is 1. The first-order chi connectivity index (χ1) is 10.2. The number of benzene rings is 1. The van der Waals surface area contributed by atoms with E-state index in [9.17, 15) is 4.79 Å². The van der Waals surface area contributed by atoms with Gasteiger partial charge in [0.05, 0.1) is 6.04 Å². The van der Waals surface area contributed by atoms with Crippen LogP contribution in [0, 0.1) is 11.3 Å². The van der Waals surface area contributed by atoms with Crippen molar-refractivity contribution in [2.24, 2.45) is 0 Å². The van der Waals surface area contributed by atoms with Gasteiger partial charge in [-0.1, -0.05) is 43.7 Å². The number of aromatic nitrogens is 3. The first-order valence-corrected chi connectivity index (χ1v) is 6.86. The standard InChI is InChI=1S/C15H17N5O/c1-2-6-13(12-7-4-3-5-8-12)18-15(21)10-20-11-17-19-14(20)9-16/h3-5,7-8,11,13H,2,6,10H2,1H3,(H,18,21). The van der Waals surface area contributed by atoms with Crippen molar-refractivity contribution in [3.8, 4) is 6.07 Å². The van der Waals surface area contributed by atoms with Gasteiger partial charge in [-0.25, -0.2) is 0 Å². The van der Waals surface area contributed by atoms with E-state index in [1.165, 1.54) is 10.9 Å². The van der Waals surface area contributed by atoms with Crippen LogP contribution < -0.4 is 5.32 Å². The van der Waals surface area contributed by atoms with Gasteiger partial charge in [-0.05, 0) is 12.0 Å². The van der Waals surface area contributed by atoms with E-state index >= 15 is 0 Å². The van der Waals surface area contributed by atoms with Gasteiger partial charge in [0.15, 0.2) is 0 Å². The molecule has 0 spiro atoms. The molecule has 2 aromatic rings. The topological polar surface area (TPSA) is 83.6 Å². The van der Waals surface area contributed by atoms with Gasteiger partial charge in [0, 0.05) is 0 Å². The number of nitriles is 1. The van der Waals surface area contributed by atoms with Crippen molar-refractivity contribution in [2.75, 3.05) is 0 Å². The van der Waals surface area contributed by atoms with E-state index in [1.54, 1.807) is 0 Å². The number of hydrogen-bond donors (Lipinski definition) is 1. The summed E-state index contributed by atoms with van der Waals surface area (Å²) < 4.78 is 1.43. The summed E-state index contributed by atoms with van der Waals surface area (Å²) >= 11 is 0. The first-order valence-electron chi connectivity index (χ1n) is 6.86. The Labute approximate surface area is 123 Å². The predicted octanol–water partition coefficient (Wildman–Crippen LogP) is 1.81. The summed E-state index contributed by atoms with van der Waals surface area (Å²) in [5.41, 5.74) is 1.08. The fourth-order valence-corrected chi connectivity index (χ4v) is 2.15. The first kappa shape index (κ1) is 14.7. The van der Waals surface area contributed by atoms with Crippen LogP contribution in [-0.4, -0.2) is 20.7 Å². The summed E-state index contributed by atoms with van der Waals surface area (Å²) in [6, 6.07) is 11.7. The Hall–Kier alpha value is -2.68. The molecule has 2 rings (SSSR count). The van der Waals surface area contributed by atoms with E-state index in [4.69, 9.17) is 5.26 Å². The second-order valence-electron chi connectivity index (χ2n) is 4.71. The monoisotopic (exact) mass is 283 g/mol. The highest BCUT2D eigenvalue weighted by molar-refractivity contribution is 5.76. The van der Waals surface area contributed by atoms with Crippen LogP contribution in [0.3, 0.4) is 0 Å². The lowest BCUT2D eigenvalue weighted by Gasteiger charge is -2.18. The van der Waals surface area contributed by atoms with Gasteiger partial charge in [-0.15, -0.1) is 10.2 Å². The van der Waals surface area contributed by atoms with Crippen molar-refractivity contribution in [3.05, 3.63) is 48.0 Å². The SMILES string of the molecule is CCCC(NC(=O)Cn1cnnc1C#N)c1ccccc1. The van der Waals surface area contributed by atoms with Crippen LogP contribution in [0.25, 0.3) is 0 Å². The van der Waals surface area contributed by atoms with Crippen LogP contribution in [0.5, 0.6) is 0 Å². The van der Waals surface area contributed by atoms with Gasteiger partial charge < -0.3 is 5.32 Å². The van der Waals surface area contributed by atoms with E-state index < -0.39 is 0 Å². The maximum absolute atomic E-state index is 12.1. The molecule has 1 aromatic carbocycles. The van der Waals surface area contributed by atoms with E-state index in [2.05, 4.69) is 22.4 Å². The van der Waals surface area contributed by atoms with Gasteiger partial charge in [0.2, 0.25) is 11.7 Å². The molecule has 6 nitrogen and oxygen atoms in total. The minimum Gasteiger partial charge on any atom is -0.348 e. The van der Waals surface area contributed by atoms with Crippen LogP contribution in [0.1, 0.15) is 37.2 Å². The second-order valence-corrected chi connectivity index (χ2v) is 4.71. The third-order valence-electron chi connectivity index (χ3n) is 3.14. The molecular weight excluding hydrogens is 266 g/mol. The zero-order valence-corrected chi connectivity index (χ0v) is 11.9. The second kappa shape index (κ2) is 7.20. The molecule has 6 heteroatoms. The van der Waals surface area contributed by atoms with Crippen molar-refractivity contribution in [1.82, 2.24) is 20.1 Å². The summed E-state index contributed by atoms with van der Waals surface area (Å²) in [6.07, 6.45) is 3.22. The highest BCUT2D eigenvalue weighted by Gasteiger charge is 2.15. The normalized spacial score (nSPS) is 11.6. The number of amides is 1. The molecule has 108 valence electrons. The molecule has 1 atom stereocenters. The average Bonchev–Trinajstić information content (AvgIpc) is 2.95. The zero-order chi connectivity index (χ0) is 15.1. The molecule has 0 fully saturated rings.